The second-order valence-corrected chi connectivity index (χ2v) is 6.97. The first kappa shape index (κ1) is 16.6. The van der Waals surface area contributed by atoms with E-state index in [0.29, 0.717) is 0 Å². The number of carbonyl (C=O) groups excluding carboxylic acids is 1. The Labute approximate surface area is 138 Å². The monoisotopic (exact) mass is 358 g/mol. The minimum atomic E-state index is -3.97. The number of halogens is 2. The molecule has 0 spiro atoms. The molecule has 0 radical (unpaired) electrons. The maximum atomic E-state index is 12.1. The number of para-hydroxylation sites is 1. The Kier molecular flexibility index (Phi) is 4.95. The third-order valence-electron chi connectivity index (χ3n) is 2.76. The van der Waals surface area contributed by atoms with Crippen molar-refractivity contribution in [2.45, 2.75) is 11.8 Å². The average Bonchev–Trinajstić information content (AvgIpc) is 2.43. The van der Waals surface area contributed by atoms with Gasteiger partial charge in [-0.25, -0.2) is 17.9 Å². The van der Waals surface area contributed by atoms with Crippen LogP contribution in [0.5, 0.6) is 0 Å². The van der Waals surface area contributed by atoms with Gasteiger partial charge in [0.1, 0.15) is 0 Å². The standard InChI is InChI=1S/C14H12Cl2N2O3S/c1-9-5-7-10(8-6-9)22(20,21)18-14(19)17-13-11(15)3-2-4-12(13)16/h2-8H,1H3,(H2,17,18,19). The van der Waals surface area contributed by atoms with Gasteiger partial charge in [0, 0.05) is 0 Å². The summed E-state index contributed by atoms with van der Waals surface area (Å²) >= 11 is 11.8. The van der Waals surface area contributed by atoms with Crippen molar-refractivity contribution in [2.75, 3.05) is 5.32 Å². The lowest BCUT2D eigenvalue weighted by molar-refractivity contribution is 0.256. The smallest absolute Gasteiger partial charge is 0.304 e. The molecule has 2 N–H and O–H groups in total. The molecule has 116 valence electrons. The molecule has 0 saturated carbocycles. The topological polar surface area (TPSA) is 75.3 Å². The third kappa shape index (κ3) is 3.91. The highest BCUT2D eigenvalue weighted by Gasteiger charge is 2.18. The van der Waals surface area contributed by atoms with Gasteiger partial charge in [-0.1, -0.05) is 47.0 Å². The summed E-state index contributed by atoms with van der Waals surface area (Å²) in [4.78, 5) is 11.8. The molecule has 0 fully saturated rings. The van der Waals surface area contributed by atoms with Crippen molar-refractivity contribution < 1.29 is 13.2 Å². The zero-order chi connectivity index (χ0) is 16.3. The molecule has 0 heterocycles. The third-order valence-corrected chi connectivity index (χ3v) is 4.74. The lowest BCUT2D eigenvalue weighted by Gasteiger charge is -2.11. The Morgan fingerprint density at radius 2 is 1.55 bits per heavy atom. The molecule has 0 aliphatic rings. The zero-order valence-electron chi connectivity index (χ0n) is 11.4. The molecule has 2 aromatic carbocycles. The first-order valence-corrected chi connectivity index (χ1v) is 8.38. The van der Waals surface area contributed by atoms with Gasteiger partial charge in [-0.05, 0) is 31.2 Å². The van der Waals surface area contributed by atoms with Crippen LogP contribution in [0.1, 0.15) is 5.56 Å². The van der Waals surface area contributed by atoms with E-state index in [1.54, 1.807) is 18.2 Å². The molecule has 0 bridgehead atoms. The quantitative estimate of drug-likeness (QED) is 0.875. The molecular formula is C14H12Cl2N2O3S. The fourth-order valence-corrected chi connectivity index (χ4v) is 3.05. The molecule has 0 aliphatic carbocycles. The number of rotatable bonds is 3. The highest BCUT2D eigenvalue weighted by atomic mass is 35.5. The van der Waals surface area contributed by atoms with Crippen molar-refractivity contribution in [2.24, 2.45) is 0 Å². The van der Waals surface area contributed by atoms with Crippen LogP contribution in [0.3, 0.4) is 0 Å². The molecule has 0 atom stereocenters. The van der Waals surface area contributed by atoms with Crippen molar-refractivity contribution >= 4 is 44.9 Å². The van der Waals surface area contributed by atoms with E-state index in [0.717, 1.165) is 5.56 Å². The van der Waals surface area contributed by atoms with Crippen LogP contribution in [0.2, 0.25) is 10.0 Å². The predicted molar refractivity (Wildman–Crippen MR) is 87.0 cm³/mol. The van der Waals surface area contributed by atoms with E-state index in [1.165, 1.54) is 24.3 Å². The summed E-state index contributed by atoms with van der Waals surface area (Å²) in [5.74, 6) is 0. The summed E-state index contributed by atoms with van der Waals surface area (Å²) in [5.41, 5.74) is 1.05. The first-order chi connectivity index (χ1) is 10.3. The molecule has 8 heteroatoms. The summed E-state index contributed by atoms with van der Waals surface area (Å²) in [6.45, 7) is 1.83. The maximum absolute atomic E-state index is 12.1. The Hall–Kier alpha value is -1.76. The zero-order valence-corrected chi connectivity index (χ0v) is 13.8. The van der Waals surface area contributed by atoms with Gasteiger partial charge in [0.15, 0.2) is 0 Å². The summed E-state index contributed by atoms with van der Waals surface area (Å²) in [5, 5.41) is 2.73. The molecule has 0 saturated heterocycles. The number of carbonyl (C=O) groups is 1. The fraction of sp³-hybridized carbons (Fsp3) is 0.0714. The molecule has 2 amide bonds. The van der Waals surface area contributed by atoms with E-state index in [-0.39, 0.29) is 20.6 Å². The number of urea groups is 1. The number of anilines is 1. The lowest BCUT2D eigenvalue weighted by Crippen LogP contribution is -2.34. The molecule has 0 aromatic heterocycles. The number of nitrogens with one attached hydrogen (secondary N) is 2. The van der Waals surface area contributed by atoms with Crippen molar-refractivity contribution in [3.05, 3.63) is 58.1 Å². The molecule has 5 nitrogen and oxygen atoms in total. The minimum Gasteiger partial charge on any atom is -0.304 e. The minimum absolute atomic E-state index is 0.0153. The lowest BCUT2D eigenvalue weighted by atomic mass is 10.2. The highest BCUT2D eigenvalue weighted by Crippen LogP contribution is 2.29. The molecule has 2 rings (SSSR count). The van der Waals surface area contributed by atoms with Gasteiger partial charge in [0.05, 0.1) is 20.6 Å². The van der Waals surface area contributed by atoms with Crippen LogP contribution >= 0.6 is 23.2 Å². The SMILES string of the molecule is Cc1ccc(S(=O)(=O)NC(=O)Nc2c(Cl)cccc2Cl)cc1. The van der Waals surface area contributed by atoms with Gasteiger partial charge in [0.2, 0.25) is 0 Å². The van der Waals surface area contributed by atoms with Crippen molar-refractivity contribution in [1.29, 1.82) is 0 Å². The number of amides is 2. The predicted octanol–water partition coefficient (Wildman–Crippen LogP) is 3.81. The Balaban J connectivity index is 2.16. The Morgan fingerprint density at radius 3 is 2.09 bits per heavy atom. The number of sulfonamides is 1. The summed E-state index contributed by atoms with van der Waals surface area (Å²) < 4.78 is 26.1. The number of aryl methyl sites for hydroxylation is 1. The van der Waals surface area contributed by atoms with Crippen LogP contribution in [0.4, 0.5) is 10.5 Å². The van der Waals surface area contributed by atoms with Crippen molar-refractivity contribution in [3.8, 4) is 0 Å². The number of hydrogen-bond donors (Lipinski definition) is 2. The average molecular weight is 359 g/mol. The Morgan fingerprint density at radius 1 is 1.00 bits per heavy atom. The number of hydrogen-bond acceptors (Lipinski definition) is 3. The van der Waals surface area contributed by atoms with Crippen LogP contribution in [-0.2, 0) is 10.0 Å². The first-order valence-electron chi connectivity index (χ1n) is 6.14. The fourth-order valence-electron chi connectivity index (χ4n) is 1.65. The second-order valence-electron chi connectivity index (χ2n) is 4.47. The van der Waals surface area contributed by atoms with Crippen molar-refractivity contribution in [1.82, 2.24) is 4.72 Å². The normalized spacial score (nSPS) is 11.0. The van der Waals surface area contributed by atoms with E-state index < -0.39 is 16.1 Å². The van der Waals surface area contributed by atoms with E-state index in [9.17, 15) is 13.2 Å². The van der Waals surface area contributed by atoms with Crippen LogP contribution in [0, 0.1) is 6.92 Å². The summed E-state index contributed by atoms with van der Waals surface area (Å²) in [6, 6.07) is 9.80. The maximum Gasteiger partial charge on any atom is 0.333 e. The summed E-state index contributed by atoms with van der Waals surface area (Å²) in [6.07, 6.45) is 0. The van der Waals surface area contributed by atoms with Gasteiger partial charge >= 0.3 is 6.03 Å². The van der Waals surface area contributed by atoms with Gasteiger partial charge in [-0.3, -0.25) is 0 Å². The van der Waals surface area contributed by atoms with E-state index in [2.05, 4.69) is 5.32 Å². The molecule has 22 heavy (non-hydrogen) atoms. The summed E-state index contributed by atoms with van der Waals surface area (Å²) in [7, 11) is -3.97. The number of benzene rings is 2. The van der Waals surface area contributed by atoms with Crippen LogP contribution < -0.4 is 10.0 Å². The largest absolute Gasteiger partial charge is 0.333 e. The van der Waals surface area contributed by atoms with Gasteiger partial charge in [-0.15, -0.1) is 0 Å². The molecule has 2 aromatic rings. The van der Waals surface area contributed by atoms with E-state index in [1.807, 2.05) is 11.6 Å². The van der Waals surface area contributed by atoms with Crippen molar-refractivity contribution in [3.63, 3.8) is 0 Å². The van der Waals surface area contributed by atoms with Crippen LogP contribution in [0.15, 0.2) is 47.4 Å². The van der Waals surface area contributed by atoms with E-state index >= 15 is 0 Å². The van der Waals surface area contributed by atoms with E-state index in [4.69, 9.17) is 23.2 Å². The Bertz CT molecular complexity index is 785. The van der Waals surface area contributed by atoms with Gasteiger partial charge in [0.25, 0.3) is 10.0 Å². The van der Waals surface area contributed by atoms with Gasteiger partial charge < -0.3 is 5.32 Å². The van der Waals surface area contributed by atoms with Crippen LogP contribution in [0.25, 0.3) is 0 Å². The van der Waals surface area contributed by atoms with Crippen LogP contribution in [-0.4, -0.2) is 14.4 Å². The molecule has 0 unspecified atom stereocenters. The second kappa shape index (κ2) is 6.56. The highest BCUT2D eigenvalue weighted by molar-refractivity contribution is 7.90. The molecule has 0 aliphatic heterocycles. The molecular weight excluding hydrogens is 347 g/mol. The van der Waals surface area contributed by atoms with Gasteiger partial charge in [-0.2, -0.15) is 0 Å².